The molecule has 0 bridgehead atoms. The smallest absolute Gasteiger partial charge is 0.223 e. The third-order valence-electron chi connectivity index (χ3n) is 2.31. The first kappa shape index (κ1) is 11.1. The molecule has 16 heavy (non-hydrogen) atoms. The van der Waals surface area contributed by atoms with Gasteiger partial charge in [0.2, 0.25) is 6.29 Å². The summed E-state index contributed by atoms with van der Waals surface area (Å²) in [6, 6.07) is 7.13. The molecule has 0 amide bonds. The van der Waals surface area contributed by atoms with Crippen molar-refractivity contribution in [3.63, 3.8) is 0 Å². The molecule has 0 unspecified atom stereocenters. The van der Waals surface area contributed by atoms with E-state index >= 15 is 0 Å². The molecule has 2 rings (SSSR count). The average Bonchev–Trinajstić information content (AvgIpc) is 2.31. The van der Waals surface area contributed by atoms with Crippen LogP contribution in [0.4, 0.5) is 0 Å². The minimum Gasteiger partial charge on any atom is -0.462 e. The summed E-state index contributed by atoms with van der Waals surface area (Å²) in [4.78, 5) is 11.4. The van der Waals surface area contributed by atoms with Gasteiger partial charge in [0.1, 0.15) is 12.4 Å². The van der Waals surface area contributed by atoms with Crippen LogP contribution in [0.25, 0.3) is 0 Å². The predicted molar refractivity (Wildman–Crippen MR) is 57.6 cm³/mol. The maximum absolute atomic E-state index is 11.4. The number of rotatable bonds is 3. The fraction of sp³-hybridized carbons (Fsp3) is 0.417. The zero-order valence-corrected chi connectivity index (χ0v) is 9.14. The number of carbonyl (C=O) groups excluding carboxylic acids is 1. The molecule has 0 aromatic heterocycles. The first-order valence-corrected chi connectivity index (χ1v) is 5.23. The van der Waals surface area contributed by atoms with Crippen LogP contribution >= 0.6 is 0 Å². The fourth-order valence-corrected chi connectivity index (χ4v) is 1.54. The zero-order chi connectivity index (χ0) is 11.4. The van der Waals surface area contributed by atoms with Crippen LogP contribution in [0.3, 0.4) is 0 Å². The Balaban J connectivity index is 2.10. The topological polar surface area (TPSA) is 44.8 Å². The highest BCUT2D eigenvalue weighted by molar-refractivity contribution is 5.96. The van der Waals surface area contributed by atoms with Gasteiger partial charge in [-0.25, -0.2) is 0 Å². The minimum atomic E-state index is -0.422. The van der Waals surface area contributed by atoms with Gasteiger partial charge in [-0.05, 0) is 19.1 Å². The molecule has 1 heterocycles. The average molecular weight is 222 g/mol. The van der Waals surface area contributed by atoms with E-state index in [4.69, 9.17) is 14.2 Å². The van der Waals surface area contributed by atoms with E-state index in [-0.39, 0.29) is 5.78 Å². The van der Waals surface area contributed by atoms with Crippen LogP contribution < -0.4 is 4.74 Å². The van der Waals surface area contributed by atoms with E-state index < -0.39 is 6.29 Å². The van der Waals surface area contributed by atoms with E-state index in [2.05, 4.69) is 0 Å². The molecule has 1 aromatic carbocycles. The Hall–Kier alpha value is -1.39. The molecule has 1 aliphatic heterocycles. The lowest BCUT2D eigenvalue weighted by Crippen LogP contribution is -2.33. The molecule has 86 valence electrons. The van der Waals surface area contributed by atoms with E-state index in [1.54, 1.807) is 12.1 Å². The minimum absolute atomic E-state index is 0.0210. The summed E-state index contributed by atoms with van der Waals surface area (Å²) in [5, 5.41) is 0. The van der Waals surface area contributed by atoms with Gasteiger partial charge in [-0.2, -0.15) is 0 Å². The van der Waals surface area contributed by atoms with Crippen molar-refractivity contribution in [2.45, 2.75) is 13.2 Å². The number of ketones is 1. The van der Waals surface area contributed by atoms with E-state index in [9.17, 15) is 4.79 Å². The molecule has 0 radical (unpaired) electrons. The summed E-state index contributed by atoms with van der Waals surface area (Å²) >= 11 is 0. The normalized spacial score (nSPS) is 20.4. The highest BCUT2D eigenvalue weighted by atomic mass is 16.7. The Morgan fingerprint density at radius 3 is 2.88 bits per heavy atom. The maximum Gasteiger partial charge on any atom is 0.223 e. The summed E-state index contributed by atoms with van der Waals surface area (Å²) < 4.78 is 16.2. The molecule has 4 nitrogen and oxygen atoms in total. The van der Waals surface area contributed by atoms with Crippen LogP contribution in [0.2, 0.25) is 0 Å². The SMILES string of the molecule is CC(=O)c1ccccc1O[C@H]1COCCO1. The Labute approximate surface area is 94.1 Å². The van der Waals surface area contributed by atoms with Crippen LogP contribution in [0.1, 0.15) is 17.3 Å². The molecule has 1 aromatic rings. The molecule has 0 N–H and O–H groups in total. The Bertz CT molecular complexity index is 369. The highest BCUT2D eigenvalue weighted by Crippen LogP contribution is 2.20. The van der Waals surface area contributed by atoms with Crippen LogP contribution in [-0.2, 0) is 9.47 Å². The number of carbonyl (C=O) groups is 1. The lowest BCUT2D eigenvalue weighted by Gasteiger charge is -2.24. The maximum atomic E-state index is 11.4. The summed E-state index contributed by atoms with van der Waals surface area (Å²) in [5.41, 5.74) is 0.566. The van der Waals surface area contributed by atoms with Gasteiger partial charge < -0.3 is 14.2 Å². The van der Waals surface area contributed by atoms with Gasteiger partial charge in [0.05, 0.1) is 18.8 Å². The molecule has 0 aliphatic carbocycles. The second-order valence-electron chi connectivity index (χ2n) is 3.55. The summed E-state index contributed by atoms with van der Waals surface area (Å²) in [6.07, 6.45) is -0.422. The molecule has 1 aliphatic rings. The van der Waals surface area contributed by atoms with Crippen molar-refractivity contribution in [2.24, 2.45) is 0 Å². The van der Waals surface area contributed by atoms with Crippen molar-refractivity contribution in [2.75, 3.05) is 19.8 Å². The Morgan fingerprint density at radius 1 is 1.38 bits per heavy atom. The monoisotopic (exact) mass is 222 g/mol. The zero-order valence-electron chi connectivity index (χ0n) is 9.14. The van der Waals surface area contributed by atoms with Crippen molar-refractivity contribution < 1.29 is 19.0 Å². The molecule has 4 heteroatoms. The van der Waals surface area contributed by atoms with E-state index in [0.29, 0.717) is 31.1 Å². The second kappa shape index (κ2) is 5.09. The number of hydrogen-bond donors (Lipinski definition) is 0. The van der Waals surface area contributed by atoms with E-state index in [1.165, 1.54) is 6.92 Å². The van der Waals surface area contributed by atoms with Crippen LogP contribution in [0.15, 0.2) is 24.3 Å². The predicted octanol–water partition coefficient (Wildman–Crippen LogP) is 1.64. The van der Waals surface area contributed by atoms with Gasteiger partial charge in [-0.1, -0.05) is 12.1 Å². The molecule has 1 atom stereocenters. The van der Waals surface area contributed by atoms with Crippen molar-refractivity contribution >= 4 is 5.78 Å². The fourth-order valence-electron chi connectivity index (χ4n) is 1.54. The van der Waals surface area contributed by atoms with Crippen molar-refractivity contribution in [1.82, 2.24) is 0 Å². The van der Waals surface area contributed by atoms with Crippen molar-refractivity contribution in [3.8, 4) is 5.75 Å². The molecule has 1 fully saturated rings. The van der Waals surface area contributed by atoms with Crippen LogP contribution in [0, 0.1) is 0 Å². The molecule has 0 saturated carbocycles. The number of Topliss-reactive ketones (excluding diaryl/α,β-unsaturated/α-hetero) is 1. The highest BCUT2D eigenvalue weighted by Gasteiger charge is 2.18. The molecular weight excluding hydrogens is 208 g/mol. The number of para-hydroxylation sites is 1. The summed E-state index contributed by atoms with van der Waals surface area (Å²) in [6.45, 7) is 3.02. The first-order chi connectivity index (χ1) is 7.77. The Morgan fingerprint density at radius 2 is 2.19 bits per heavy atom. The second-order valence-corrected chi connectivity index (χ2v) is 3.55. The number of benzene rings is 1. The van der Waals surface area contributed by atoms with Gasteiger partial charge in [-0.15, -0.1) is 0 Å². The summed E-state index contributed by atoms with van der Waals surface area (Å²) in [7, 11) is 0. The van der Waals surface area contributed by atoms with Crippen molar-refractivity contribution in [1.29, 1.82) is 0 Å². The van der Waals surface area contributed by atoms with E-state index in [1.807, 2.05) is 12.1 Å². The van der Waals surface area contributed by atoms with Crippen molar-refractivity contribution in [3.05, 3.63) is 29.8 Å². The van der Waals surface area contributed by atoms with Gasteiger partial charge in [0.15, 0.2) is 5.78 Å². The Kier molecular flexibility index (Phi) is 3.54. The first-order valence-electron chi connectivity index (χ1n) is 5.23. The summed E-state index contributed by atoms with van der Waals surface area (Å²) in [5.74, 6) is 0.526. The molecule has 1 saturated heterocycles. The van der Waals surface area contributed by atoms with Gasteiger partial charge in [-0.3, -0.25) is 4.79 Å². The van der Waals surface area contributed by atoms with E-state index in [0.717, 1.165) is 0 Å². The van der Waals surface area contributed by atoms with Gasteiger partial charge in [0.25, 0.3) is 0 Å². The lowest BCUT2D eigenvalue weighted by atomic mass is 10.1. The largest absolute Gasteiger partial charge is 0.462 e. The van der Waals surface area contributed by atoms with Crippen LogP contribution in [0.5, 0.6) is 5.75 Å². The number of ether oxygens (including phenoxy) is 3. The van der Waals surface area contributed by atoms with Crippen LogP contribution in [-0.4, -0.2) is 31.9 Å². The lowest BCUT2D eigenvalue weighted by molar-refractivity contribution is -0.171. The number of hydrogen-bond acceptors (Lipinski definition) is 4. The standard InChI is InChI=1S/C12H14O4/c1-9(13)10-4-2-3-5-11(10)16-12-8-14-6-7-15-12/h2-5,12H,6-8H2,1H3/t12-/m0/s1. The molecule has 0 spiro atoms. The van der Waals surface area contributed by atoms with Gasteiger partial charge >= 0.3 is 0 Å². The van der Waals surface area contributed by atoms with Gasteiger partial charge in [0, 0.05) is 0 Å². The quantitative estimate of drug-likeness (QED) is 0.729. The molecular formula is C12H14O4. The third kappa shape index (κ3) is 2.59. The third-order valence-corrected chi connectivity index (χ3v) is 2.31.